The first-order chi connectivity index (χ1) is 9.13. The standard InChI is InChI=1S/C15H25NO2S/c1-2-3-4-5-8-12-11-13(16)14(19-12)9-6-7-10-15(17)18/h11H,2-10,16H2,1H3,(H,17,18). The summed E-state index contributed by atoms with van der Waals surface area (Å²) in [5.41, 5.74) is 6.90. The Hall–Kier alpha value is -1.03. The summed E-state index contributed by atoms with van der Waals surface area (Å²) in [7, 11) is 0. The highest BCUT2D eigenvalue weighted by Gasteiger charge is 2.07. The van der Waals surface area contributed by atoms with Gasteiger partial charge in [-0.25, -0.2) is 0 Å². The number of carboxylic acids is 1. The normalized spacial score (nSPS) is 10.8. The van der Waals surface area contributed by atoms with Crippen LogP contribution in [0, 0.1) is 0 Å². The molecule has 1 heterocycles. The Morgan fingerprint density at radius 1 is 1.21 bits per heavy atom. The number of rotatable bonds is 10. The number of hydrogen-bond donors (Lipinski definition) is 2. The second kappa shape index (κ2) is 8.97. The number of thiophene rings is 1. The van der Waals surface area contributed by atoms with Gasteiger partial charge < -0.3 is 10.8 Å². The van der Waals surface area contributed by atoms with Crippen molar-refractivity contribution in [3.05, 3.63) is 15.8 Å². The molecule has 4 heteroatoms. The zero-order valence-corrected chi connectivity index (χ0v) is 12.6. The minimum atomic E-state index is -0.712. The summed E-state index contributed by atoms with van der Waals surface area (Å²) >= 11 is 1.80. The summed E-state index contributed by atoms with van der Waals surface area (Å²) in [6.07, 6.45) is 9.06. The third-order valence-corrected chi connectivity index (χ3v) is 4.48. The molecule has 3 nitrogen and oxygen atoms in total. The number of nitrogen functional groups attached to an aromatic ring is 1. The van der Waals surface area contributed by atoms with Crippen molar-refractivity contribution in [3.8, 4) is 0 Å². The monoisotopic (exact) mass is 283 g/mol. The van der Waals surface area contributed by atoms with Crippen molar-refractivity contribution in [1.82, 2.24) is 0 Å². The molecule has 19 heavy (non-hydrogen) atoms. The highest BCUT2D eigenvalue weighted by Crippen LogP contribution is 2.28. The Bertz CT molecular complexity index is 387. The fourth-order valence-corrected chi connectivity index (χ4v) is 3.28. The van der Waals surface area contributed by atoms with E-state index < -0.39 is 5.97 Å². The van der Waals surface area contributed by atoms with Crippen molar-refractivity contribution in [2.24, 2.45) is 0 Å². The lowest BCUT2D eigenvalue weighted by atomic mass is 10.1. The zero-order valence-electron chi connectivity index (χ0n) is 11.8. The Morgan fingerprint density at radius 3 is 2.63 bits per heavy atom. The fourth-order valence-electron chi connectivity index (χ4n) is 2.11. The third-order valence-electron chi connectivity index (χ3n) is 3.21. The molecular weight excluding hydrogens is 258 g/mol. The Labute approximate surface area is 119 Å². The van der Waals surface area contributed by atoms with Gasteiger partial charge in [-0.1, -0.05) is 26.2 Å². The van der Waals surface area contributed by atoms with Gasteiger partial charge in [0.25, 0.3) is 0 Å². The lowest BCUT2D eigenvalue weighted by molar-refractivity contribution is -0.137. The van der Waals surface area contributed by atoms with Crippen LogP contribution >= 0.6 is 11.3 Å². The summed E-state index contributed by atoms with van der Waals surface area (Å²) in [5.74, 6) is -0.712. The molecule has 1 aromatic rings. The number of unbranched alkanes of at least 4 members (excludes halogenated alkanes) is 4. The summed E-state index contributed by atoms with van der Waals surface area (Å²) in [5, 5.41) is 8.59. The van der Waals surface area contributed by atoms with E-state index in [2.05, 4.69) is 13.0 Å². The molecule has 0 unspecified atom stereocenters. The van der Waals surface area contributed by atoms with Gasteiger partial charge in [-0.05, 0) is 38.2 Å². The van der Waals surface area contributed by atoms with E-state index in [4.69, 9.17) is 10.8 Å². The highest BCUT2D eigenvalue weighted by atomic mass is 32.1. The lowest BCUT2D eigenvalue weighted by Crippen LogP contribution is -1.95. The number of aliphatic carboxylic acids is 1. The Balaban J connectivity index is 2.30. The van der Waals surface area contributed by atoms with Gasteiger partial charge in [0.15, 0.2) is 0 Å². The molecule has 1 rings (SSSR count). The largest absolute Gasteiger partial charge is 0.481 e. The first kappa shape index (κ1) is 16.0. The van der Waals surface area contributed by atoms with Gasteiger partial charge in [0.2, 0.25) is 0 Å². The first-order valence-corrected chi connectivity index (χ1v) is 8.04. The minimum absolute atomic E-state index is 0.259. The van der Waals surface area contributed by atoms with Crippen molar-refractivity contribution < 1.29 is 9.90 Å². The molecule has 0 amide bonds. The average Bonchev–Trinajstić information content (AvgIpc) is 2.71. The molecule has 0 saturated carbocycles. The number of nitrogens with two attached hydrogens (primary N) is 1. The highest BCUT2D eigenvalue weighted by molar-refractivity contribution is 7.12. The molecule has 0 fully saturated rings. The van der Waals surface area contributed by atoms with Crippen molar-refractivity contribution in [1.29, 1.82) is 0 Å². The molecular formula is C15H25NO2S. The van der Waals surface area contributed by atoms with Crippen LogP contribution in [0.4, 0.5) is 5.69 Å². The molecule has 3 N–H and O–H groups in total. The van der Waals surface area contributed by atoms with E-state index >= 15 is 0 Å². The van der Waals surface area contributed by atoms with Crippen LogP contribution in [-0.4, -0.2) is 11.1 Å². The van der Waals surface area contributed by atoms with Crippen molar-refractivity contribution >= 4 is 23.0 Å². The molecule has 0 aromatic carbocycles. The maximum absolute atomic E-state index is 10.4. The van der Waals surface area contributed by atoms with Gasteiger partial charge in [-0.2, -0.15) is 0 Å². The second-order valence-electron chi connectivity index (χ2n) is 5.00. The van der Waals surface area contributed by atoms with E-state index in [9.17, 15) is 4.79 Å². The van der Waals surface area contributed by atoms with Gasteiger partial charge in [-0.15, -0.1) is 11.3 Å². The number of carbonyl (C=O) groups is 1. The predicted molar refractivity (Wildman–Crippen MR) is 81.8 cm³/mol. The van der Waals surface area contributed by atoms with Gasteiger partial charge in [-0.3, -0.25) is 4.79 Å². The minimum Gasteiger partial charge on any atom is -0.481 e. The van der Waals surface area contributed by atoms with Crippen LogP contribution in [0.3, 0.4) is 0 Å². The van der Waals surface area contributed by atoms with Crippen LogP contribution in [-0.2, 0) is 17.6 Å². The summed E-state index contributed by atoms with van der Waals surface area (Å²) < 4.78 is 0. The van der Waals surface area contributed by atoms with Gasteiger partial charge in [0.1, 0.15) is 0 Å². The number of aryl methyl sites for hydroxylation is 2. The van der Waals surface area contributed by atoms with E-state index in [1.807, 2.05) is 0 Å². The molecule has 0 aliphatic carbocycles. The average molecular weight is 283 g/mol. The summed E-state index contributed by atoms with van der Waals surface area (Å²) in [4.78, 5) is 13.0. The Kier molecular flexibility index (Phi) is 7.56. The quantitative estimate of drug-likeness (QED) is 0.631. The summed E-state index contributed by atoms with van der Waals surface area (Å²) in [6, 6.07) is 2.10. The number of carboxylic acid groups (broad SMARTS) is 1. The second-order valence-corrected chi connectivity index (χ2v) is 6.22. The summed E-state index contributed by atoms with van der Waals surface area (Å²) in [6.45, 7) is 2.22. The van der Waals surface area contributed by atoms with Crippen molar-refractivity contribution in [2.75, 3.05) is 5.73 Å². The molecule has 0 aliphatic rings. The zero-order chi connectivity index (χ0) is 14.1. The molecule has 0 aliphatic heterocycles. The molecule has 0 saturated heterocycles. The SMILES string of the molecule is CCCCCCc1cc(N)c(CCCCC(=O)O)s1. The van der Waals surface area contributed by atoms with Crippen molar-refractivity contribution in [2.45, 2.75) is 64.7 Å². The number of hydrogen-bond acceptors (Lipinski definition) is 3. The van der Waals surface area contributed by atoms with Gasteiger partial charge in [0.05, 0.1) is 0 Å². The van der Waals surface area contributed by atoms with Crippen LogP contribution in [0.25, 0.3) is 0 Å². The Morgan fingerprint density at radius 2 is 1.95 bits per heavy atom. The first-order valence-electron chi connectivity index (χ1n) is 7.22. The van der Waals surface area contributed by atoms with Crippen LogP contribution < -0.4 is 5.73 Å². The van der Waals surface area contributed by atoms with E-state index in [1.54, 1.807) is 11.3 Å². The fraction of sp³-hybridized carbons (Fsp3) is 0.667. The molecule has 0 spiro atoms. The maximum Gasteiger partial charge on any atom is 0.303 e. The van der Waals surface area contributed by atoms with Crippen molar-refractivity contribution in [3.63, 3.8) is 0 Å². The smallest absolute Gasteiger partial charge is 0.303 e. The van der Waals surface area contributed by atoms with Crippen LogP contribution in [0.5, 0.6) is 0 Å². The third kappa shape index (κ3) is 6.62. The van der Waals surface area contributed by atoms with Crippen LogP contribution in [0.15, 0.2) is 6.07 Å². The topological polar surface area (TPSA) is 63.3 Å². The van der Waals surface area contributed by atoms with E-state index in [0.29, 0.717) is 0 Å². The molecule has 108 valence electrons. The van der Waals surface area contributed by atoms with Gasteiger partial charge >= 0.3 is 5.97 Å². The molecule has 0 atom stereocenters. The van der Waals surface area contributed by atoms with E-state index in [-0.39, 0.29) is 6.42 Å². The maximum atomic E-state index is 10.4. The number of anilines is 1. The van der Waals surface area contributed by atoms with E-state index in [0.717, 1.165) is 31.4 Å². The van der Waals surface area contributed by atoms with E-state index in [1.165, 1.54) is 35.4 Å². The van der Waals surface area contributed by atoms with Crippen LogP contribution in [0.1, 0.15) is 61.6 Å². The van der Waals surface area contributed by atoms with Gasteiger partial charge in [0, 0.05) is 21.9 Å². The van der Waals surface area contributed by atoms with Crippen LogP contribution in [0.2, 0.25) is 0 Å². The lowest BCUT2D eigenvalue weighted by Gasteiger charge is -1.98. The molecule has 1 aromatic heterocycles. The molecule has 0 bridgehead atoms. The molecule has 0 radical (unpaired) electrons. The predicted octanol–water partition coefficient (Wildman–Crippen LogP) is 4.25.